The number of methoxy groups -OCH3 is 1. The Morgan fingerprint density at radius 1 is 1.12 bits per heavy atom. The van der Waals surface area contributed by atoms with Gasteiger partial charge in [0.2, 0.25) is 5.91 Å². The van der Waals surface area contributed by atoms with Crippen molar-refractivity contribution in [3.8, 4) is 11.5 Å². The zero-order valence-electron chi connectivity index (χ0n) is 17.5. The number of carbonyl (C=O) groups is 2. The van der Waals surface area contributed by atoms with Gasteiger partial charge in [-0.2, -0.15) is 8.78 Å². The Bertz CT molecular complexity index is 1040. The number of nitrogens with zero attached hydrogens (tertiary/aromatic N) is 2. The number of amides is 2. The molecule has 0 aromatic heterocycles. The second-order valence-electron chi connectivity index (χ2n) is 6.58. The third-order valence-corrected chi connectivity index (χ3v) is 5.52. The van der Waals surface area contributed by atoms with Crippen molar-refractivity contribution in [1.29, 1.82) is 0 Å². The van der Waals surface area contributed by atoms with Crippen molar-refractivity contribution in [2.75, 3.05) is 19.1 Å². The van der Waals surface area contributed by atoms with E-state index in [0.717, 1.165) is 17.3 Å². The van der Waals surface area contributed by atoms with E-state index in [-0.39, 0.29) is 17.4 Å². The van der Waals surface area contributed by atoms with Gasteiger partial charge in [-0.25, -0.2) is 4.99 Å². The number of thioether (sulfide) groups is 1. The van der Waals surface area contributed by atoms with Crippen molar-refractivity contribution in [3.05, 3.63) is 59.8 Å². The minimum atomic E-state index is -2.95. The quantitative estimate of drug-likeness (QED) is 0.633. The Morgan fingerprint density at radius 2 is 1.75 bits per heavy atom. The third kappa shape index (κ3) is 5.44. The zero-order valence-corrected chi connectivity index (χ0v) is 18.4. The number of rotatable bonds is 7. The van der Waals surface area contributed by atoms with Crippen molar-refractivity contribution in [1.82, 2.24) is 5.32 Å². The number of nitrogens with one attached hydrogen (secondary N) is 1. The molecule has 0 spiro atoms. The van der Waals surface area contributed by atoms with E-state index >= 15 is 0 Å². The average molecular weight is 461 g/mol. The minimum Gasteiger partial charge on any atom is -0.497 e. The fourth-order valence-corrected chi connectivity index (χ4v) is 3.84. The van der Waals surface area contributed by atoms with Gasteiger partial charge >= 0.3 is 6.61 Å². The Balaban J connectivity index is 1.94. The number of ether oxygens (including phenoxy) is 2. The summed E-state index contributed by atoms with van der Waals surface area (Å²) in [5, 5.41) is 2.34. The molecule has 0 bridgehead atoms. The molecule has 0 saturated heterocycles. The van der Waals surface area contributed by atoms with Crippen LogP contribution in [0.1, 0.15) is 12.5 Å². The predicted molar refractivity (Wildman–Crippen MR) is 120 cm³/mol. The van der Waals surface area contributed by atoms with E-state index in [0.29, 0.717) is 16.6 Å². The number of halogens is 2. The summed E-state index contributed by atoms with van der Waals surface area (Å²) in [6.07, 6.45) is 1.63. The van der Waals surface area contributed by atoms with E-state index in [1.807, 2.05) is 0 Å². The van der Waals surface area contributed by atoms with Crippen LogP contribution in [0, 0.1) is 0 Å². The standard InChI is InChI=1S/C22H21F2N3O4S/c1-13(19(28)25-2)32-22-26-18(12-14-4-8-16(30-3)9-5-14)20(29)27(22)15-6-10-17(11-7-15)31-21(23)24/h4-13,21H,1-3H3,(H,25,28)/b18-12-. The summed E-state index contributed by atoms with van der Waals surface area (Å²) in [6.45, 7) is -1.26. The molecule has 32 heavy (non-hydrogen) atoms. The summed E-state index contributed by atoms with van der Waals surface area (Å²) in [6, 6.07) is 12.7. The maximum absolute atomic E-state index is 13.2. The molecule has 1 aliphatic heterocycles. The van der Waals surface area contributed by atoms with Crippen molar-refractivity contribution in [3.63, 3.8) is 0 Å². The van der Waals surface area contributed by atoms with Gasteiger partial charge in [-0.15, -0.1) is 0 Å². The van der Waals surface area contributed by atoms with Crippen LogP contribution < -0.4 is 19.7 Å². The molecule has 0 fully saturated rings. The molecule has 0 aliphatic carbocycles. The van der Waals surface area contributed by atoms with Gasteiger partial charge in [0.05, 0.1) is 18.0 Å². The summed E-state index contributed by atoms with van der Waals surface area (Å²) in [5.74, 6) is 0.0133. The first-order chi connectivity index (χ1) is 15.3. The maximum atomic E-state index is 13.2. The highest BCUT2D eigenvalue weighted by Crippen LogP contribution is 2.32. The molecule has 1 heterocycles. The number of benzene rings is 2. The fraction of sp³-hybridized carbons (Fsp3) is 0.227. The van der Waals surface area contributed by atoms with Crippen LogP contribution in [-0.2, 0) is 9.59 Å². The molecular weight excluding hydrogens is 440 g/mol. The molecule has 7 nitrogen and oxygen atoms in total. The Kier molecular flexibility index (Phi) is 7.47. The number of aliphatic imine (C=N–C) groups is 1. The van der Waals surface area contributed by atoms with Crippen LogP contribution in [0.3, 0.4) is 0 Å². The summed E-state index contributed by atoms with van der Waals surface area (Å²) < 4.78 is 34.4. The highest BCUT2D eigenvalue weighted by molar-refractivity contribution is 8.15. The van der Waals surface area contributed by atoms with Gasteiger partial charge in [-0.05, 0) is 55.0 Å². The second kappa shape index (κ2) is 10.3. The van der Waals surface area contributed by atoms with Gasteiger partial charge in [0.1, 0.15) is 17.2 Å². The number of hydrogen-bond acceptors (Lipinski definition) is 6. The number of hydrogen-bond donors (Lipinski definition) is 1. The van der Waals surface area contributed by atoms with Gasteiger partial charge in [0.15, 0.2) is 5.17 Å². The van der Waals surface area contributed by atoms with E-state index in [4.69, 9.17) is 4.74 Å². The number of carbonyl (C=O) groups excluding carboxylic acids is 2. The van der Waals surface area contributed by atoms with Crippen LogP contribution >= 0.6 is 11.8 Å². The Labute approximate surface area is 188 Å². The molecule has 1 unspecified atom stereocenters. The van der Waals surface area contributed by atoms with Gasteiger partial charge in [-0.1, -0.05) is 23.9 Å². The molecule has 2 aromatic rings. The summed E-state index contributed by atoms with van der Waals surface area (Å²) in [5.41, 5.74) is 1.32. The Morgan fingerprint density at radius 3 is 2.31 bits per heavy atom. The van der Waals surface area contributed by atoms with Gasteiger partial charge < -0.3 is 14.8 Å². The highest BCUT2D eigenvalue weighted by Gasteiger charge is 2.34. The molecule has 2 amide bonds. The molecule has 10 heteroatoms. The predicted octanol–water partition coefficient (Wildman–Crippen LogP) is 3.91. The monoisotopic (exact) mass is 461 g/mol. The molecule has 1 atom stereocenters. The smallest absolute Gasteiger partial charge is 0.387 e. The lowest BCUT2D eigenvalue weighted by atomic mass is 10.2. The van der Waals surface area contributed by atoms with E-state index < -0.39 is 17.8 Å². The van der Waals surface area contributed by atoms with Crippen molar-refractivity contribution in [2.45, 2.75) is 18.8 Å². The van der Waals surface area contributed by atoms with E-state index in [1.54, 1.807) is 44.4 Å². The van der Waals surface area contributed by atoms with Crippen LogP contribution in [0.25, 0.3) is 6.08 Å². The minimum absolute atomic E-state index is 0.0331. The van der Waals surface area contributed by atoms with Crippen LogP contribution in [0.15, 0.2) is 59.2 Å². The highest BCUT2D eigenvalue weighted by atomic mass is 32.2. The van der Waals surface area contributed by atoms with Crippen LogP contribution in [0.5, 0.6) is 11.5 Å². The largest absolute Gasteiger partial charge is 0.497 e. The van der Waals surface area contributed by atoms with Crippen molar-refractivity contribution < 1.29 is 27.8 Å². The number of amidine groups is 1. The lowest BCUT2D eigenvalue weighted by molar-refractivity contribution is -0.119. The molecule has 1 N–H and O–H groups in total. The summed E-state index contributed by atoms with van der Waals surface area (Å²) in [7, 11) is 3.08. The lowest BCUT2D eigenvalue weighted by Crippen LogP contribution is -2.34. The number of alkyl halides is 2. The first kappa shape index (κ1) is 23.3. The molecule has 2 aromatic carbocycles. The second-order valence-corrected chi connectivity index (χ2v) is 7.89. The molecular formula is C22H21F2N3O4S. The summed E-state index contributed by atoms with van der Waals surface area (Å²) >= 11 is 1.11. The molecule has 1 aliphatic rings. The molecule has 0 saturated carbocycles. The van der Waals surface area contributed by atoms with Gasteiger partial charge in [0.25, 0.3) is 5.91 Å². The molecule has 0 radical (unpaired) electrons. The first-order valence-electron chi connectivity index (χ1n) is 9.54. The van der Waals surface area contributed by atoms with Gasteiger partial charge in [-0.3, -0.25) is 14.5 Å². The van der Waals surface area contributed by atoms with Crippen molar-refractivity contribution in [2.24, 2.45) is 4.99 Å². The van der Waals surface area contributed by atoms with Crippen LogP contribution in [-0.4, -0.2) is 43.0 Å². The average Bonchev–Trinajstić information content (AvgIpc) is 3.08. The SMILES string of the molecule is CNC(=O)C(C)SC1=N/C(=C\c2ccc(OC)cc2)C(=O)N1c1ccc(OC(F)F)cc1. The van der Waals surface area contributed by atoms with E-state index in [1.165, 1.54) is 36.2 Å². The summed E-state index contributed by atoms with van der Waals surface area (Å²) in [4.78, 5) is 31.0. The van der Waals surface area contributed by atoms with Crippen LogP contribution in [0.2, 0.25) is 0 Å². The topological polar surface area (TPSA) is 80.2 Å². The van der Waals surface area contributed by atoms with Gasteiger partial charge in [0, 0.05) is 7.05 Å². The zero-order chi connectivity index (χ0) is 23.3. The van der Waals surface area contributed by atoms with Crippen LogP contribution in [0.4, 0.5) is 14.5 Å². The lowest BCUT2D eigenvalue weighted by Gasteiger charge is -2.20. The molecule has 3 rings (SSSR count). The normalized spacial score (nSPS) is 15.7. The van der Waals surface area contributed by atoms with E-state index in [9.17, 15) is 18.4 Å². The maximum Gasteiger partial charge on any atom is 0.387 e. The van der Waals surface area contributed by atoms with Crippen molar-refractivity contribution >= 4 is 40.5 Å². The number of anilines is 1. The Hall–Kier alpha value is -3.40. The first-order valence-corrected chi connectivity index (χ1v) is 10.4. The van der Waals surface area contributed by atoms with E-state index in [2.05, 4.69) is 15.0 Å². The molecule has 168 valence electrons. The fourth-order valence-electron chi connectivity index (χ4n) is 2.85. The third-order valence-electron chi connectivity index (χ3n) is 4.47.